The van der Waals surface area contributed by atoms with E-state index in [0.29, 0.717) is 36.7 Å². The first-order valence-electron chi connectivity index (χ1n) is 11.7. The Balaban J connectivity index is 1.37. The first kappa shape index (κ1) is 24.8. The van der Waals surface area contributed by atoms with Crippen LogP contribution in [0.4, 0.5) is 0 Å². The van der Waals surface area contributed by atoms with Crippen LogP contribution in [0.15, 0.2) is 71.3 Å². The van der Waals surface area contributed by atoms with E-state index in [1.165, 1.54) is 10.4 Å². The third-order valence-electron chi connectivity index (χ3n) is 6.29. The molecule has 3 aromatic rings. The van der Waals surface area contributed by atoms with Crippen LogP contribution in [0.2, 0.25) is 5.04 Å². The number of benzene rings is 2. The topological polar surface area (TPSA) is 65.4 Å². The Labute approximate surface area is 210 Å². The van der Waals surface area contributed by atoms with Gasteiger partial charge in [0.05, 0.1) is 25.8 Å². The molecule has 0 aliphatic carbocycles. The van der Waals surface area contributed by atoms with Gasteiger partial charge in [-0.05, 0) is 37.8 Å². The quantitative estimate of drug-likeness (QED) is 0.331. The highest BCUT2D eigenvalue weighted by molar-refractivity contribution is 9.10. The zero-order valence-electron chi connectivity index (χ0n) is 20.0. The van der Waals surface area contributed by atoms with Gasteiger partial charge in [-0.3, -0.25) is 9.48 Å². The molecular weight excluding hydrogens is 510 g/mol. The summed E-state index contributed by atoms with van der Waals surface area (Å²) < 4.78 is 15.2. The standard InChI is InChI=1S/C26H32BrN3O3Si/c1-26(2,3)34(21-10-6-4-7-11-21,22-12-8-5-9-13-22)33-17-16-32-15-14-20-19-30-23(25(31)28-20)18-24(27)29-30/h4-13,18,20H,14-17,19H2,1-3H3,(H,28,31)/t20-/m1/s1. The number of halogens is 1. The molecule has 0 unspecified atom stereocenters. The molecule has 0 saturated carbocycles. The highest BCUT2D eigenvalue weighted by atomic mass is 79.9. The van der Waals surface area contributed by atoms with E-state index in [1.807, 2.05) is 12.1 Å². The fraction of sp³-hybridized carbons (Fsp3) is 0.385. The fourth-order valence-electron chi connectivity index (χ4n) is 4.73. The van der Waals surface area contributed by atoms with Crippen LogP contribution in [0.1, 0.15) is 37.7 Å². The molecule has 8 heteroatoms. The maximum atomic E-state index is 12.3. The number of rotatable bonds is 9. The molecule has 6 nitrogen and oxygen atoms in total. The van der Waals surface area contributed by atoms with Crippen molar-refractivity contribution in [1.82, 2.24) is 15.1 Å². The Hall–Kier alpha value is -2.26. The van der Waals surface area contributed by atoms with Crippen molar-refractivity contribution in [3.05, 3.63) is 77.0 Å². The molecule has 2 heterocycles. The van der Waals surface area contributed by atoms with E-state index in [2.05, 4.69) is 95.6 Å². The number of carbonyl (C=O) groups is 1. The van der Waals surface area contributed by atoms with Gasteiger partial charge in [0.1, 0.15) is 10.3 Å². The number of carbonyl (C=O) groups excluding carboxylic acids is 1. The van der Waals surface area contributed by atoms with Crippen molar-refractivity contribution in [2.24, 2.45) is 0 Å². The molecule has 0 spiro atoms. The molecule has 0 fully saturated rings. The van der Waals surface area contributed by atoms with Gasteiger partial charge >= 0.3 is 0 Å². The number of aromatic nitrogens is 2. The lowest BCUT2D eigenvalue weighted by molar-refractivity contribution is 0.0783. The Kier molecular flexibility index (Phi) is 7.72. The van der Waals surface area contributed by atoms with E-state index < -0.39 is 8.32 Å². The predicted octanol–water partition coefficient (Wildman–Crippen LogP) is 3.74. The summed E-state index contributed by atoms with van der Waals surface area (Å²) in [7, 11) is -2.54. The zero-order valence-corrected chi connectivity index (χ0v) is 22.5. The normalized spacial score (nSPS) is 16.2. The van der Waals surface area contributed by atoms with Gasteiger partial charge in [-0.25, -0.2) is 0 Å². The Morgan fingerprint density at radius 2 is 1.65 bits per heavy atom. The molecule has 1 atom stereocenters. The summed E-state index contributed by atoms with van der Waals surface area (Å²) in [5.41, 5.74) is 0.586. The van der Waals surface area contributed by atoms with E-state index >= 15 is 0 Å². The minimum Gasteiger partial charge on any atom is -0.405 e. The first-order valence-corrected chi connectivity index (χ1v) is 14.4. The zero-order chi connectivity index (χ0) is 24.2. The van der Waals surface area contributed by atoms with Crippen LogP contribution in [-0.4, -0.2) is 49.9 Å². The summed E-state index contributed by atoms with van der Waals surface area (Å²) in [4.78, 5) is 12.3. The summed E-state index contributed by atoms with van der Waals surface area (Å²) in [6.45, 7) is 9.03. The van der Waals surface area contributed by atoms with Gasteiger partial charge in [0.15, 0.2) is 0 Å². The molecule has 1 aliphatic rings. The lowest BCUT2D eigenvalue weighted by Crippen LogP contribution is -2.66. The number of hydrogen-bond donors (Lipinski definition) is 1. The van der Waals surface area contributed by atoms with Crippen molar-refractivity contribution in [2.45, 2.75) is 44.8 Å². The lowest BCUT2D eigenvalue weighted by Gasteiger charge is -2.43. The summed E-state index contributed by atoms with van der Waals surface area (Å²) in [6.07, 6.45) is 0.724. The molecule has 1 aromatic heterocycles. The van der Waals surface area contributed by atoms with E-state index in [0.717, 1.165) is 6.42 Å². The number of ether oxygens (including phenoxy) is 1. The Bertz CT molecular complexity index is 1060. The predicted molar refractivity (Wildman–Crippen MR) is 140 cm³/mol. The monoisotopic (exact) mass is 541 g/mol. The minimum atomic E-state index is -2.54. The molecule has 1 aliphatic heterocycles. The van der Waals surface area contributed by atoms with Gasteiger partial charge in [-0.2, -0.15) is 5.10 Å². The summed E-state index contributed by atoms with van der Waals surface area (Å²) in [6, 6.07) is 23.0. The van der Waals surface area contributed by atoms with E-state index in [-0.39, 0.29) is 17.0 Å². The second-order valence-corrected chi connectivity index (χ2v) is 14.7. The average Bonchev–Trinajstić information content (AvgIpc) is 3.20. The van der Waals surface area contributed by atoms with E-state index in [4.69, 9.17) is 9.16 Å². The molecule has 180 valence electrons. The largest absolute Gasteiger partial charge is 0.405 e. The van der Waals surface area contributed by atoms with Crippen molar-refractivity contribution < 1.29 is 14.0 Å². The van der Waals surface area contributed by atoms with Crippen molar-refractivity contribution in [3.8, 4) is 0 Å². The van der Waals surface area contributed by atoms with Crippen molar-refractivity contribution in [2.75, 3.05) is 19.8 Å². The summed E-state index contributed by atoms with van der Waals surface area (Å²) in [5.74, 6) is -0.0931. The van der Waals surface area contributed by atoms with Crippen molar-refractivity contribution in [3.63, 3.8) is 0 Å². The molecule has 34 heavy (non-hydrogen) atoms. The smallest absolute Gasteiger partial charge is 0.269 e. The lowest BCUT2D eigenvalue weighted by atomic mass is 10.1. The number of nitrogens with one attached hydrogen (secondary N) is 1. The molecule has 1 amide bonds. The summed E-state index contributed by atoms with van der Waals surface area (Å²) >= 11 is 3.34. The average molecular weight is 543 g/mol. The third kappa shape index (κ3) is 5.20. The van der Waals surface area contributed by atoms with Crippen LogP contribution < -0.4 is 15.7 Å². The van der Waals surface area contributed by atoms with Crippen molar-refractivity contribution >= 4 is 40.5 Å². The van der Waals surface area contributed by atoms with Gasteiger partial charge in [-0.15, -0.1) is 0 Å². The fourth-order valence-corrected chi connectivity index (χ4v) is 9.68. The van der Waals surface area contributed by atoms with Crippen LogP contribution in [0, 0.1) is 0 Å². The van der Waals surface area contributed by atoms with Crippen LogP contribution in [0.25, 0.3) is 0 Å². The maximum Gasteiger partial charge on any atom is 0.269 e. The molecule has 0 saturated heterocycles. The number of nitrogens with zero attached hydrogens (tertiary/aromatic N) is 2. The van der Waals surface area contributed by atoms with Gasteiger partial charge in [-0.1, -0.05) is 81.4 Å². The number of fused-ring (bicyclic) bond motifs is 1. The van der Waals surface area contributed by atoms with E-state index in [1.54, 1.807) is 10.7 Å². The molecule has 2 aromatic carbocycles. The highest BCUT2D eigenvalue weighted by Gasteiger charge is 2.50. The number of amides is 1. The van der Waals surface area contributed by atoms with Gasteiger partial charge < -0.3 is 14.5 Å². The second-order valence-electron chi connectivity index (χ2n) is 9.62. The molecule has 1 N–H and O–H groups in total. The molecule has 0 radical (unpaired) electrons. The SMILES string of the molecule is CC(C)(C)[Si](OCCOCC[C@@H]1Cn2nc(Br)cc2C(=O)N1)(c1ccccc1)c1ccccc1. The Morgan fingerprint density at radius 1 is 1.03 bits per heavy atom. The van der Waals surface area contributed by atoms with Crippen LogP contribution in [-0.2, 0) is 15.7 Å². The van der Waals surface area contributed by atoms with Gasteiger partial charge in [0, 0.05) is 12.7 Å². The summed E-state index contributed by atoms with van der Waals surface area (Å²) in [5, 5.41) is 9.84. The Morgan fingerprint density at radius 3 is 2.24 bits per heavy atom. The minimum absolute atomic E-state index is 0.00407. The maximum absolute atomic E-state index is 12.3. The van der Waals surface area contributed by atoms with Gasteiger partial charge in [0.2, 0.25) is 0 Å². The van der Waals surface area contributed by atoms with E-state index in [9.17, 15) is 4.79 Å². The molecular formula is C26H32BrN3O3Si. The van der Waals surface area contributed by atoms with Crippen LogP contribution >= 0.6 is 15.9 Å². The van der Waals surface area contributed by atoms with Crippen molar-refractivity contribution in [1.29, 1.82) is 0 Å². The molecule has 0 bridgehead atoms. The number of hydrogen-bond acceptors (Lipinski definition) is 4. The van der Waals surface area contributed by atoms with Gasteiger partial charge in [0.25, 0.3) is 14.2 Å². The first-order chi connectivity index (χ1) is 16.3. The second kappa shape index (κ2) is 10.6. The highest BCUT2D eigenvalue weighted by Crippen LogP contribution is 2.36. The van der Waals surface area contributed by atoms with Crippen LogP contribution in [0.3, 0.4) is 0 Å². The third-order valence-corrected chi connectivity index (χ3v) is 11.7. The molecule has 4 rings (SSSR count). The van der Waals surface area contributed by atoms with Crippen LogP contribution in [0.5, 0.6) is 0 Å².